The summed E-state index contributed by atoms with van der Waals surface area (Å²) in [6.45, 7) is 3.46. The van der Waals surface area contributed by atoms with Crippen LogP contribution in [0.3, 0.4) is 0 Å². The van der Waals surface area contributed by atoms with Crippen LogP contribution in [0, 0.1) is 5.92 Å². The Bertz CT molecular complexity index is 978. The number of aromatic nitrogens is 3. The molecule has 0 spiro atoms. The highest BCUT2D eigenvalue weighted by Gasteiger charge is 2.26. The van der Waals surface area contributed by atoms with Crippen molar-refractivity contribution in [1.29, 1.82) is 0 Å². The maximum atomic E-state index is 10.3. The molecule has 1 aliphatic rings. The van der Waals surface area contributed by atoms with Gasteiger partial charge in [0.2, 0.25) is 5.95 Å². The van der Waals surface area contributed by atoms with Gasteiger partial charge in [-0.15, -0.1) is 0 Å². The number of methoxy groups -OCH3 is 1. The number of aliphatic hydroxyl groups excluding tert-OH is 1. The largest absolute Gasteiger partial charge is 0.497 e. The van der Waals surface area contributed by atoms with Crippen LogP contribution in [0.1, 0.15) is 13.3 Å². The average Bonchev–Trinajstić information content (AvgIpc) is 2.71. The van der Waals surface area contributed by atoms with Crippen molar-refractivity contribution in [1.82, 2.24) is 15.0 Å². The van der Waals surface area contributed by atoms with Crippen molar-refractivity contribution in [3.05, 3.63) is 36.7 Å². The van der Waals surface area contributed by atoms with Crippen molar-refractivity contribution in [3.8, 4) is 5.75 Å². The molecule has 0 amide bonds. The monoisotopic (exact) mass is 380 g/mol. The van der Waals surface area contributed by atoms with Gasteiger partial charge in [-0.3, -0.25) is 0 Å². The van der Waals surface area contributed by atoms with Crippen LogP contribution in [0.2, 0.25) is 0 Å². The molecule has 2 unspecified atom stereocenters. The van der Waals surface area contributed by atoms with E-state index in [1.54, 1.807) is 19.5 Å². The van der Waals surface area contributed by atoms with Gasteiger partial charge in [0.05, 0.1) is 30.5 Å². The van der Waals surface area contributed by atoms with Crippen LogP contribution in [0.4, 0.5) is 23.1 Å². The van der Waals surface area contributed by atoms with Gasteiger partial charge in [0.1, 0.15) is 17.1 Å². The van der Waals surface area contributed by atoms with E-state index in [0.717, 1.165) is 35.6 Å². The molecule has 3 heterocycles. The summed E-state index contributed by atoms with van der Waals surface area (Å²) in [7, 11) is 1.63. The SMILES string of the molecule is COc1ccc(Nc2ncc3c(N)ncc(N4CCC(C)C(O)C4)c3n2)cc1. The Morgan fingerprint density at radius 2 is 2.00 bits per heavy atom. The number of rotatable bonds is 4. The minimum atomic E-state index is -0.375. The number of anilines is 4. The maximum Gasteiger partial charge on any atom is 0.227 e. The van der Waals surface area contributed by atoms with E-state index < -0.39 is 0 Å². The Balaban J connectivity index is 1.68. The van der Waals surface area contributed by atoms with E-state index in [9.17, 15) is 5.11 Å². The minimum Gasteiger partial charge on any atom is -0.497 e. The Labute approximate surface area is 163 Å². The molecule has 3 aromatic rings. The van der Waals surface area contributed by atoms with Crippen molar-refractivity contribution in [3.63, 3.8) is 0 Å². The summed E-state index contributed by atoms with van der Waals surface area (Å²) in [6.07, 6.45) is 3.95. The number of nitrogens with two attached hydrogens (primary N) is 1. The smallest absolute Gasteiger partial charge is 0.227 e. The number of hydrogen-bond donors (Lipinski definition) is 3. The molecule has 1 saturated heterocycles. The van der Waals surface area contributed by atoms with Crippen LogP contribution < -0.4 is 20.7 Å². The number of pyridine rings is 1. The molecule has 2 aromatic heterocycles. The molecule has 8 nitrogen and oxygen atoms in total. The first-order valence-electron chi connectivity index (χ1n) is 9.30. The van der Waals surface area contributed by atoms with Gasteiger partial charge in [-0.05, 0) is 36.6 Å². The van der Waals surface area contributed by atoms with Crippen LogP contribution in [-0.2, 0) is 0 Å². The summed E-state index contributed by atoms with van der Waals surface area (Å²) < 4.78 is 5.18. The number of nitrogen functional groups attached to an aromatic ring is 1. The highest BCUT2D eigenvalue weighted by atomic mass is 16.5. The van der Waals surface area contributed by atoms with Gasteiger partial charge in [-0.1, -0.05) is 6.92 Å². The third-order valence-corrected chi connectivity index (χ3v) is 5.24. The summed E-state index contributed by atoms with van der Waals surface area (Å²) in [5.41, 5.74) is 8.48. The molecule has 1 aliphatic heterocycles. The third kappa shape index (κ3) is 3.50. The van der Waals surface area contributed by atoms with Crippen molar-refractivity contribution in [2.24, 2.45) is 5.92 Å². The zero-order valence-electron chi connectivity index (χ0n) is 16.0. The Kier molecular flexibility index (Phi) is 4.87. The van der Waals surface area contributed by atoms with E-state index in [0.29, 0.717) is 23.7 Å². The second-order valence-corrected chi connectivity index (χ2v) is 7.12. The molecule has 0 aliphatic carbocycles. The molecular weight excluding hydrogens is 356 g/mol. The molecule has 4 N–H and O–H groups in total. The number of hydrogen-bond acceptors (Lipinski definition) is 8. The lowest BCUT2D eigenvalue weighted by molar-refractivity contribution is 0.103. The fraction of sp³-hybridized carbons (Fsp3) is 0.350. The quantitative estimate of drug-likeness (QED) is 0.634. The zero-order valence-corrected chi connectivity index (χ0v) is 16.0. The zero-order chi connectivity index (χ0) is 19.7. The van der Waals surface area contributed by atoms with Gasteiger partial charge in [0.25, 0.3) is 0 Å². The lowest BCUT2D eigenvalue weighted by atomic mass is 9.95. The molecule has 1 fully saturated rings. The maximum absolute atomic E-state index is 10.3. The predicted molar refractivity (Wildman–Crippen MR) is 110 cm³/mol. The molecule has 4 rings (SSSR count). The van der Waals surface area contributed by atoms with Crippen LogP contribution in [0.25, 0.3) is 10.9 Å². The number of aliphatic hydroxyl groups is 1. The molecule has 0 radical (unpaired) electrons. The van der Waals surface area contributed by atoms with Crippen LogP contribution in [0.5, 0.6) is 5.75 Å². The van der Waals surface area contributed by atoms with E-state index in [2.05, 4.69) is 27.1 Å². The average molecular weight is 380 g/mol. The van der Waals surface area contributed by atoms with E-state index >= 15 is 0 Å². The summed E-state index contributed by atoms with van der Waals surface area (Å²) in [6, 6.07) is 7.53. The molecule has 2 atom stereocenters. The van der Waals surface area contributed by atoms with Gasteiger partial charge >= 0.3 is 0 Å². The molecule has 28 heavy (non-hydrogen) atoms. The highest BCUT2D eigenvalue weighted by Crippen LogP contribution is 2.31. The molecule has 146 valence electrons. The first-order valence-corrected chi connectivity index (χ1v) is 9.30. The molecule has 0 bridgehead atoms. The van der Waals surface area contributed by atoms with Crippen molar-refractivity contribution in [2.75, 3.05) is 36.1 Å². The number of nitrogens with one attached hydrogen (secondary N) is 1. The number of fused-ring (bicyclic) bond motifs is 1. The first kappa shape index (κ1) is 18.2. The van der Waals surface area contributed by atoms with E-state index in [1.807, 2.05) is 24.3 Å². The summed E-state index contributed by atoms with van der Waals surface area (Å²) >= 11 is 0. The van der Waals surface area contributed by atoms with Crippen LogP contribution in [-0.4, -0.2) is 46.4 Å². The van der Waals surface area contributed by atoms with Gasteiger partial charge in [-0.2, -0.15) is 0 Å². The Hall–Kier alpha value is -3.13. The fourth-order valence-corrected chi connectivity index (χ4v) is 3.39. The molecule has 8 heteroatoms. The topological polar surface area (TPSA) is 109 Å². The van der Waals surface area contributed by atoms with Crippen LogP contribution >= 0.6 is 0 Å². The lowest BCUT2D eigenvalue weighted by Crippen LogP contribution is -2.43. The molecular formula is C20H24N6O2. The summed E-state index contributed by atoms with van der Waals surface area (Å²) in [5.74, 6) is 1.92. The summed E-state index contributed by atoms with van der Waals surface area (Å²) in [4.78, 5) is 15.5. The standard InChI is InChI=1S/C20H24N6O2/c1-12-7-8-26(11-17(12)27)16-10-22-19(21)15-9-23-20(25-18(15)16)24-13-3-5-14(28-2)6-4-13/h3-6,9-10,12,17,27H,7-8,11H2,1-2H3,(H2,21,22)(H,23,24,25). The van der Waals surface area contributed by atoms with E-state index in [-0.39, 0.29) is 12.0 Å². The number of nitrogens with zero attached hydrogens (tertiary/aromatic N) is 4. The molecule has 1 aromatic carbocycles. The number of β-amino-alcohol motifs (C(OH)–C–C–N with tert-alkyl or cyclic N) is 1. The first-order chi connectivity index (χ1) is 13.5. The van der Waals surface area contributed by atoms with Crippen molar-refractivity contribution in [2.45, 2.75) is 19.4 Å². The predicted octanol–water partition coefficient (Wildman–Crippen LogP) is 2.57. The third-order valence-electron chi connectivity index (χ3n) is 5.24. The Morgan fingerprint density at radius 1 is 1.21 bits per heavy atom. The van der Waals surface area contributed by atoms with Gasteiger partial charge in [0.15, 0.2) is 0 Å². The van der Waals surface area contributed by atoms with Crippen LogP contribution in [0.15, 0.2) is 36.7 Å². The van der Waals surface area contributed by atoms with Gasteiger partial charge in [0, 0.05) is 25.0 Å². The lowest BCUT2D eigenvalue weighted by Gasteiger charge is -2.35. The second kappa shape index (κ2) is 7.47. The van der Waals surface area contributed by atoms with Crippen molar-refractivity contribution >= 4 is 34.0 Å². The fourth-order valence-electron chi connectivity index (χ4n) is 3.39. The number of piperidine rings is 1. The normalized spacial score (nSPS) is 19.6. The number of ether oxygens (including phenoxy) is 1. The van der Waals surface area contributed by atoms with E-state index in [4.69, 9.17) is 15.5 Å². The van der Waals surface area contributed by atoms with Crippen molar-refractivity contribution < 1.29 is 9.84 Å². The summed E-state index contributed by atoms with van der Waals surface area (Å²) in [5, 5.41) is 14.2. The minimum absolute atomic E-state index is 0.284. The molecule has 0 saturated carbocycles. The Morgan fingerprint density at radius 3 is 2.71 bits per heavy atom. The van der Waals surface area contributed by atoms with Gasteiger partial charge in [-0.25, -0.2) is 15.0 Å². The van der Waals surface area contributed by atoms with E-state index in [1.165, 1.54) is 0 Å². The second-order valence-electron chi connectivity index (χ2n) is 7.12. The number of benzene rings is 1. The van der Waals surface area contributed by atoms with Gasteiger partial charge < -0.3 is 25.8 Å². The highest BCUT2D eigenvalue weighted by molar-refractivity contribution is 5.96.